The molecule has 2 aromatic carbocycles. The molecule has 0 saturated carbocycles. The van der Waals surface area contributed by atoms with E-state index in [0.29, 0.717) is 41.2 Å². The van der Waals surface area contributed by atoms with Crippen molar-refractivity contribution < 1.29 is 13.5 Å². The number of fused-ring (bicyclic) bond motifs is 2. The maximum atomic E-state index is 13.4. The molecule has 0 radical (unpaired) electrons. The molecule has 9 heteroatoms. The van der Waals surface area contributed by atoms with Crippen LogP contribution in [0.3, 0.4) is 0 Å². The van der Waals surface area contributed by atoms with Crippen LogP contribution in [0.4, 0.5) is 16.1 Å². The summed E-state index contributed by atoms with van der Waals surface area (Å²) in [6.07, 6.45) is 1.57. The molecule has 0 atom stereocenters. The molecule has 2 aromatic heterocycles. The molecule has 1 aliphatic rings. The highest BCUT2D eigenvalue weighted by molar-refractivity contribution is 5.81. The van der Waals surface area contributed by atoms with Crippen molar-refractivity contribution in [3.63, 3.8) is 0 Å². The third-order valence-electron chi connectivity index (χ3n) is 5.60. The summed E-state index contributed by atoms with van der Waals surface area (Å²) in [5.74, 6) is -0.326. The Morgan fingerprint density at radius 2 is 1.87 bits per heavy atom. The summed E-state index contributed by atoms with van der Waals surface area (Å²) < 4.78 is 25.8. The first-order chi connectivity index (χ1) is 15.1. The minimum absolute atomic E-state index is 0.0641. The Morgan fingerprint density at radius 3 is 2.68 bits per heavy atom. The van der Waals surface area contributed by atoms with E-state index in [4.69, 9.17) is 9.15 Å². The summed E-state index contributed by atoms with van der Waals surface area (Å²) in [6.45, 7) is 3.92. The molecule has 1 fully saturated rings. The van der Waals surface area contributed by atoms with Gasteiger partial charge in [-0.05, 0) is 30.3 Å². The summed E-state index contributed by atoms with van der Waals surface area (Å²) in [7, 11) is 1.61. The zero-order chi connectivity index (χ0) is 21.4. The lowest BCUT2D eigenvalue weighted by atomic mass is 10.2. The average Bonchev–Trinajstić information content (AvgIpc) is 3.22. The summed E-state index contributed by atoms with van der Waals surface area (Å²) >= 11 is 0. The van der Waals surface area contributed by atoms with Crippen LogP contribution in [0, 0.1) is 5.82 Å². The van der Waals surface area contributed by atoms with E-state index in [9.17, 15) is 9.18 Å². The SMILES string of the molecule is COCCn1cnc2cc(N3CCN(c4nc5cc(F)ccc5o4)CC3)ccc2c1=O. The largest absolute Gasteiger partial charge is 0.423 e. The van der Waals surface area contributed by atoms with Crippen molar-refractivity contribution >= 4 is 33.7 Å². The van der Waals surface area contributed by atoms with Crippen LogP contribution in [0.1, 0.15) is 0 Å². The van der Waals surface area contributed by atoms with Gasteiger partial charge in [0.2, 0.25) is 0 Å². The van der Waals surface area contributed by atoms with Crippen molar-refractivity contribution in [3.8, 4) is 0 Å². The molecule has 0 bridgehead atoms. The van der Waals surface area contributed by atoms with Crippen molar-refractivity contribution in [2.75, 3.05) is 49.7 Å². The number of nitrogens with zero attached hydrogens (tertiary/aromatic N) is 5. The number of methoxy groups -OCH3 is 1. The number of benzene rings is 2. The molecular weight excluding hydrogens is 401 g/mol. The van der Waals surface area contributed by atoms with Gasteiger partial charge >= 0.3 is 0 Å². The van der Waals surface area contributed by atoms with Gasteiger partial charge in [0.15, 0.2) is 5.58 Å². The molecule has 0 N–H and O–H groups in total. The monoisotopic (exact) mass is 423 g/mol. The average molecular weight is 423 g/mol. The Labute approximate surface area is 177 Å². The number of oxazole rings is 1. The van der Waals surface area contributed by atoms with Crippen LogP contribution in [0.2, 0.25) is 0 Å². The Kier molecular flexibility index (Phi) is 5.03. The third-order valence-corrected chi connectivity index (χ3v) is 5.60. The van der Waals surface area contributed by atoms with Gasteiger partial charge in [0, 0.05) is 45.0 Å². The number of rotatable bonds is 5. The number of halogens is 1. The quantitative estimate of drug-likeness (QED) is 0.488. The first-order valence-electron chi connectivity index (χ1n) is 10.2. The van der Waals surface area contributed by atoms with E-state index < -0.39 is 0 Å². The van der Waals surface area contributed by atoms with E-state index in [-0.39, 0.29) is 11.4 Å². The van der Waals surface area contributed by atoms with Gasteiger partial charge in [0.25, 0.3) is 11.6 Å². The second kappa shape index (κ2) is 7.99. The number of aromatic nitrogens is 3. The smallest absolute Gasteiger partial charge is 0.298 e. The molecular formula is C22H22FN5O3. The normalized spacial score (nSPS) is 14.6. The Bertz CT molecular complexity index is 1290. The fourth-order valence-electron chi connectivity index (χ4n) is 3.87. The highest BCUT2D eigenvalue weighted by Gasteiger charge is 2.22. The summed E-state index contributed by atoms with van der Waals surface area (Å²) in [5.41, 5.74) is 2.74. The van der Waals surface area contributed by atoms with E-state index in [1.165, 1.54) is 12.1 Å². The van der Waals surface area contributed by atoms with Gasteiger partial charge in [0.1, 0.15) is 11.3 Å². The molecule has 0 spiro atoms. The molecule has 5 rings (SSSR count). The Morgan fingerprint density at radius 1 is 1.06 bits per heavy atom. The van der Waals surface area contributed by atoms with Crippen LogP contribution in [0.5, 0.6) is 0 Å². The van der Waals surface area contributed by atoms with Crippen LogP contribution in [-0.2, 0) is 11.3 Å². The van der Waals surface area contributed by atoms with Gasteiger partial charge in [-0.15, -0.1) is 0 Å². The van der Waals surface area contributed by atoms with E-state index in [1.807, 2.05) is 18.2 Å². The first kappa shape index (κ1) is 19.5. The molecule has 8 nitrogen and oxygen atoms in total. The predicted octanol–water partition coefficient (Wildman–Crippen LogP) is 2.65. The van der Waals surface area contributed by atoms with Crippen molar-refractivity contribution in [2.24, 2.45) is 0 Å². The van der Waals surface area contributed by atoms with Gasteiger partial charge in [-0.1, -0.05) is 0 Å². The Hall–Kier alpha value is -3.46. The second-order valence-corrected chi connectivity index (χ2v) is 7.52. The predicted molar refractivity (Wildman–Crippen MR) is 116 cm³/mol. The number of hydrogen-bond donors (Lipinski definition) is 0. The highest BCUT2D eigenvalue weighted by Crippen LogP contribution is 2.25. The topological polar surface area (TPSA) is 76.6 Å². The second-order valence-electron chi connectivity index (χ2n) is 7.52. The van der Waals surface area contributed by atoms with Crippen LogP contribution < -0.4 is 15.4 Å². The van der Waals surface area contributed by atoms with Crippen molar-refractivity contribution in [2.45, 2.75) is 6.54 Å². The summed E-state index contributed by atoms with van der Waals surface area (Å²) in [6, 6.07) is 10.6. The van der Waals surface area contributed by atoms with Crippen molar-refractivity contribution in [1.29, 1.82) is 0 Å². The molecule has 31 heavy (non-hydrogen) atoms. The van der Waals surface area contributed by atoms with Gasteiger partial charge in [0.05, 0.1) is 30.4 Å². The molecule has 1 aliphatic heterocycles. The zero-order valence-electron chi connectivity index (χ0n) is 17.1. The fourth-order valence-corrected chi connectivity index (χ4v) is 3.87. The number of anilines is 2. The van der Waals surface area contributed by atoms with Crippen LogP contribution >= 0.6 is 0 Å². The highest BCUT2D eigenvalue weighted by atomic mass is 19.1. The van der Waals surface area contributed by atoms with E-state index >= 15 is 0 Å². The number of piperazine rings is 1. The minimum atomic E-state index is -0.326. The maximum absolute atomic E-state index is 13.4. The minimum Gasteiger partial charge on any atom is -0.423 e. The Balaban J connectivity index is 1.32. The lowest BCUT2D eigenvalue weighted by molar-refractivity contribution is 0.186. The lowest BCUT2D eigenvalue weighted by Crippen LogP contribution is -2.46. The van der Waals surface area contributed by atoms with E-state index in [2.05, 4.69) is 19.8 Å². The van der Waals surface area contributed by atoms with Crippen LogP contribution in [-0.4, -0.2) is 54.4 Å². The lowest BCUT2D eigenvalue weighted by Gasteiger charge is -2.35. The van der Waals surface area contributed by atoms with Crippen LogP contribution in [0.15, 0.2) is 51.9 Å². The summed E-state index contributed by atoms with van der Waals surface area (Å²) in [5, 5.41) is 0.597. The van der Waals surface area contributed by atoms with E-state index in [1.54, 1.807) is 24.1 Å². The van der Waals surface area contributed by atoms with Gasteiger partial charge < -0.3 is 19.0 Å². The summed E-state index contributed by atoms with van der Waals surface area (Å²) in [4.78, 5) is 25.8. The maximum Gasteiger partial charge on any atom is 0.298 e. The van der Waals surface area contributed by atoms with Crippen LogP contribution in [0.25, 0.3) is 22.0 Å². The number of ether oxygens (including phenoxy) is 1. The standard InChI is InChI=1S/C22H22FN5O3/c1-30-11-10-28-14-24-18-13-16(3-4-17(18)21(28)29)26-6-8-27(9-7-26)22-25-19-12-15(23)2-5-20(19)31-22/h2-5,12-14H,6-11H2,1H3. The molecule has 1 saturated heterocycles. The molecule has 4 aromatic rings. The van der Waals surface area contributed by atoms with E-state index in [0.717, 1.165) is 31.9 Å². The number of hydrogen-bond acceptors (Lipinski definition) is 7. The van der Waals surface area contributed by atoms with Gasteiger partial charge in [-0.25, -0.2) is 9.37 Å². The van der Waals surface area contributed by atoms with Gasteiger partial charge in [-0.2, -0.15) is 4.98 Å². The third kappa shape index (κ3) is 3.72. The zero-order valence-corrected chi connectivity index (χ0v) is 17.1. The van der Waals surface area contributed by atoms with Crippen molar-refractivity contribution in [1.82, 2.24) is 14.5 Å². The first-order valence-corrected chi connectivity index (χ1v) is 10.2. The van der Waals surface area contributed by atoms with Crippen molar-refractivity contribution in [3.05, 3.63) is 58.9 Å². The molecule has 160 valence electrons. The molecule has 3 heterocycles. The van der Waals surface area contributed by atoms with Gasteiger partial charge in [-0.3, -0.25) is 9.36 Å². The fraction of sp³-hybridized carbons (Fsp3) is 0.318. The molecule has 0 aliphatic carbocycles. The molecule has 0 amide bonds. The molecule has 0 unspecified atom stereocenters.